The summed E-state index contributed by atoms with van der Waals surface area (Å²) in [4.78, 5) is 10.4. The average molecular weight is 637 g/mol. The van der Waals surface area contributed by atoms with Crippen molar-refractivity contribution in [1.29, 1.82) is 10.5 Å². The number of hydrogen-bond donors (Lipinski definition) is 0. The molecular weight excluding hydrogens is 609 g/mol. The molecule has 1 aromatic heterocycles. The molecular formula is C46H28N4. The first-order valence-electron chi connectivity index (χ1n) is 16.4. The molecule has 0 bridgehead atoms. The van der Waals surface area contributed by atoms with Gasteiger partial charge in [0.15, 0.2) is 5.82 Å². The summed E-state index contributed by atoms with van der Waals surface area (Å²) in [6.07, 6.45) is 0. The Hall–Kier alpha value is -7.14. The van der Waals surface area contributed by atoms with Gasteiger partial charge in [0.25, 0.3) is 0 Å². The topological polar surface area (TPSA) is 73.4 Å². The molecule has 0 aliphatic heterocycles. The fraction of sp³-hybridized carbons (Fsp3) is 0. The minimum absolute atomic E-state index is 0.427. The van der Waals surface area contributed by atoms with Crippen molar-refractivity contribution in [1.82, 2.24) is 9.97 Å². The number of fused-ring (bicyclic) bond motifs is 1. The molecule has 0 aliphatic rings. The Morgan fingerprint density at radius 3 is 1.46 bits per heavy atom. The maximum atomic E-state index is 10.2. The highest BCUT2D eigenvalue weighted by atomic mass is 14.9. The number of nitriles is 2. The Morgan fingerprint density at radius 1 is 0.360 bits per heavy atom. The Kier molecular flexibility index (Phi) is 7.95. The lowest BCUT2D eigenvalue weighted by molar-refractivity contribution is 1.22. The van der Waals surface area contributed by atoms with Crippen molar-refractivity contribution in [2.24, 2.45) is 0 Å². The smallest absolute Gasteiger partial charge is 0.161 e. The molecule has 232 valence electrons. The Labute approximate surface area is 290 Å². The molecule has 0 spiro atoms. The van der Waals surface area contributed by atoms with E-state index in [9.17, 15) is 10.5 Å². The van der Waals surface area contributed by atoms with Gasteiger partial charge < -0.3 is 0 Å². The zero-order valence-corrected chi connectivity index (χ0v) is 27.0. The predicted molar refractivity (Wildman–Crippen MR) is 202 cm³/mol. The molecule has 4 heteroatoms. The van der Waals surface area contributed by atoms with Gasteiger partial charge in [0, 0.05) is 22.1 Å². The lowest BCUT2D eigenvalue weighted by Crippen LogP contribution is -2.00. The van der Waals surface area contributed by atoms with Gasteiger partial charge in [-0.3, -0.25) is 0 Å². The van der Waals surface area contributed by atoms with Gasteiger partial charge in [0.05, 0.1) is 34.5 Å². The van der Waals surface area contributed by atoms with Gasteiger partial charge in [0.2, 0.25) is 0 Å². The van der Waals surface area contributed by atoms with Crippen LogP contribution in [0.4, 0.5) is 0 Å². The summed E-state index contributed by atoms with van der Waals surface area (Å²) in [5.74, 6) is 0.427. The third-order valence-electron chi connectivity index (χ3n) is 8.98. The third kappa shape index (κ3) is 5.69. The summed E-state index contributed by atoms with van der Waals surface area (Å²) < 4.78 is 0. The van der Waals surface area contributed by atoms with Gasteiger partial charge in [-0.25, -0.2) is 9.97 Å². The standard InChI is InChI=1S/C46H28N4/c47-29-37-17-7-9-23-40(37)44-43-28-39(35-21-11-19-33(25-35)31-13-3-1-4-14-31)27-42(36-22-12-20-34(26-36)32-15-5-2-6-16-32)45(43)50-46(49-44)41-24-10-8-18-38(41)30-48/h1-28H. The number of hydrogen-bond acceptors (Lipinski definition) is 4. The summed E-state index contributed by atoms with van der Waals surface area (Å²) in [6.45, 7) is 0. The summed E-state index contributed by atoms with van der Waals surface area (Å²) in [5, 5.41) is 21.1. The molecule has 8 aromatic rings. The van der Waals surface area contributed by atoms with E-state index in [-0.39, 0.29) is 0 Å². The maximum absolute atomic E-state index is 10.2. The lowest BCUT2D eigenvalue weighted by atomic mass is 9.90. The van der Waals surface area contributed by atoms with Crippen LogP contribution < -0.4 is 0 Å². The van der Waals surface area contributed by atoms with Gasteiger partial charge in [-0.05, 0) is 81.4 Å². The summed E-state index contributed by atoms with van der Waals surface area (Å²) >= 11 is 0. The van der Waals surface area contributed by atoms with Crippen molar-refractivity contribution in [3.05, 3.63) is 181 Å². The second-order valence-corrected chi connectivity index (χ2v) is 12.0. The lowest BCUT2D eigenvalue weighted by Gasteiger charge is -2.17. The number of nitrogens with zero attached hydrogens (tertiary/aromatic N) is 4. The minimum Gasteiger partial charge on any atom is -0.227 e. The largest absolute Gasteiger partial charge is 0.227 e. The summed E-state index contributed by atoms with van der Waals surface area (Å²) in [7, 11) is 0. The quantitative estimate of drug-likeness (QED) is 0.182. The van der Waals surface area contributed by atoms with E-state index in [1.54, 1.807) is 6.07 Å². The first-order valence-corrected chi connectivity index (χ1v) is 16.4. The average Bonchev–Trinajstić information content (AvgIpc) is 3.20. The van der Waals surface area contributed by atoms with Gasteiger partial charge in [-0.15, -0.1) is 0 Å². The molecule has 0 amide bonds. The van der Waals surface area contributed by atoms with Crippen LogP contribution in [-0.2, 0) is 0 Å². The molecule has 1 heterocycles. The van der Waals surface area contributed by atoms with E-state index in [4.69, 9.17) is 9.97 Å². The molecule has 8 rings (SSSR count). The highest BCUT2D eigenvalue weighted by Gasteiger charge is 2.20. The summed E-state index contributed by atoms with van der Waals surface area (Å²) in [6, 6.07) is 61.6. The van der Waals surface area contributed by atoms with Crippen LogP contribution in [0.1, 0.15) is 11.1 Å². The van der Waals surface area contributed by atoms with E-state index in [1.807, 2.05) is 78.9 Å². The molecule has 50 heavy (non-hydrogen) atoms. The number of benzene rings is 7. The van der Waals surface area contributed by atoms with Crippen molar-refractivity contribution < 1.29 is 0 Å². The molecule has 7 aromatic carbocycles. The zero-order valence-electron chi connectivity index (χ0n) is 27.0. The van der Waals surface area contributed by atoms with E-state index in [0.29, 0.717) is 33.8 Å². The van der Waals surface area contributed by atoms with Gasteiger partial charge in [-0.2, -0.15) is 10.5 Å². The highest BCUT2D eigenvalue weighted by Crippen LogP contribution is 2.41. The maximum Gasteiger partial charge on any atom is 0.161 e. The third-order valence-corrected chi connectivity index (χ3v) is 8.98. The monoisotopic (exact) mass is 636 g/mol. The van der Waals surface area contributed by atoms with Crippen LogP contribution in [0.2, 0.25) is 0 Å². The minimum atomic E-state index is 0.427. The van der Waals surface area contributed by atoms with E-state index >= 15 is 0 Å². The second-order valence-electron chi connectivity index (χ2n) is 12.0. The van der Waals surface area contributed by atoms with Crippen LogP contribution in [0.15, 0.2) is 170 Å². The van der Waals surface area contributed by atoms with Crippen molar-refractivity contribution in [2.75, 3.05) is 0 Å². The SMILES string of the molecule is N#Cc1ccccc1-c1nc(-c2ccccc2C#N)c2cc(-c3cccc(-c4ccccc4)c3)cc(-c3cccc(-c4ccccc4)c3)c2n1. The van der Waals surface area contributed by atoms with Crippen molar-refractivity contribution in [2.45, 2.75) is 0 Å². The molecule has 0 saturated carbocycles. The molecule has 0 N–H and O–H groups in total. The van der Waals surface area contributed by atoms with Crippen LogP contribution in [0.25, 0.3) is 78.1 Å². The fourth-order valence-corrected chi connectivity index (χ4v) is 6.51. The van der Waals surface area contributed by atoms with Crippen LogP contribution in [0, 0.1) is 22.7 Å². The van der Waals surface area contributed by atoms with Crippen LogP contribution in [-0.4, -0.2) is 9.97 Å². The van der Waals surface area contributed by atoms with Crippen molar-refractivity contribution in [3.8, 4) is 79.3 Å². The molecule has 0 atom stereocenters. The first-order chi connectivity index (χ1) is 24.7. The van der Waals surface area contributed by atoms with Crippen LogP contribution in [0.3, 0.4) is 0 Å². The van der Waals surface area contributed by atoms with Crippen molar-refractivity contribution >= 4 is 10.9 Å². The number of rotatable bonds is 6. The van der Waals surface area contributed by atoms with E-state index < -0.39 is 0 Å². The number of aromatic nitrogens is 2. The highest BCUT2D eigenvalue weighted by molar-refractivity contribution is 6.05. The molecule has 0 saturated heterocycles. The molecule has 0 aliphatic carbocycles. The normalized spacial score (nSPS) is 10.8. The second kappa shape index (κ2) is 13.2. The van der Waals surface area contributed by atoms with E-state index in [2.05, 4.69) is 97.1 Å². The van der Waals surface area contributed by atoms with E-state index in [0.717, 1.165) is 55.4 Å². The Morgan fingerprint density at radius 2 is 0.840 bits per heavy atom. The molecule has 0 radical (unpaired) electrons. The Balaban J connectivity index is 1.47. The molecule has 0 fully saturated rings. The fourth-order valence-electron chi connectivity index (χ4n) is 6.51. The molecule has 4 nitrogen and oxygen atoms in total. The van der Waals surface area contributed by atoms with E-state index in [1.165, 1.54) is 0 Å². The van der Waals surface area contributed by atoms with Crippen LogP contribution >= 0.6 is 0 Å². The van der Waals surface area contributed by atoms with Gasteiger partial charge in [0.1, 0.15) is 0 Å². The molecule has 0 unspecified atom stereocenters. The first kappa shape index (κ1) is 30.2. The Bertz CT molecular complexity index is 2610. The predicted octanol–water partition coefficient (Wildman–Crippen LogP) is 11.4. The van der Waals surface area contributed by atoms with Crippen LogP contribution in [0.5, 0.6) is 0 Å². The zero-order chi connectivity index (χ0) is 33.9. The summed E-state index contributed by atoms with van der Waals surface area (Å²) in [5.41, 5.74) is 12.1. The van der Waals surface area contributed by atoms with Crippen molar-refractivity contribution in [3.63, 3.8) is 0 Å². The van der Waals surface area contributed by atoms with Gasteiger partial charge in [-0.1, -0.05) is 127 Å². The van der Waals surface area contributed by atoms with Gasteiger partial charge >= 0.3 is 0 Å².